The van der Waals surface area contributed by atoms with Crippen molar-refractivity contribution in [2.45, 2.75) is 50.5 Å². The zero-order chi connectivity index (χ0) is 26.6. The normalized spacial score (nSPS) is 23.2. The van der Waals surface area contributed by atoms with Crippen LogP contribution in [0.4, 0.5) is 4.39 Å². The van der Waals surface area contributed by atoms with Gasteiger partial charge in [-0.1, -0.05) is 91.0 Å². The molecule has 1 aliphatic heterocycles. The Morgan fingerprint density at radius 1 is 0.737 bits per heavy atom. The summed E-state index contributed by atoms with van der Waals surface area (Å²) in [6.07, 6.45) is -3.99. The van der Waals surface area contributed by atoms with Gasteiger partial charge in [-0.05, 0) is 16.7 Å². The molecule has 1 heterocycles. The number of halogens is 1. The topological polar surface area (TPSA) is 89.3 Å². The Morgan fingerprint density at radius 2 is 1.24 bits per heavy atom. The molecule has 3 aromatic carbocycles. The molecule has 1 saturated heterocycles. The van der Waals surface area contributed by atoms with Gasteiger partial charge >= 0.3 is 0 Å². The van der Waals surface area contributed by atoms with E-state index in [1.807, 2.05) is 91.0 Å². The zero-order valence-electron chi connectivity index (χ0n) is 21.0. The average molecular weight is 526 g/mol. The zero-order valence-corrected chi connectivity index (χ0v) is 21.0. The van der Waals surface area contributed by atoms with Crippen molar-refractivity contribution in [3.63, 3.8) is 0 Å². The maximum Gasteiger partial charge on any atom is 0.291 e. The standard InChI is InChI=1S/C29H32FNO7/c30-16-17-35-29-26(31(32)33)28(37-20-24-14-8-3-9-15-24)27(36-19-23-12-6-2-7-13-23)25(38-29)21-34-18-22-10-4-1-5-11-22/h1-15,25-29H,16-21H2/t25-,26-,27+,28-,29?/m1/s1. The molecule has 202 valence electrons. The van der Waals surface area contributed by atoms with Gasteiger partial charge in [0, 0.05) is 4.92 Å². The second kappa shape index (κ2) is 14.7. The number of ether oxygens (including phenoxy) is 5. The van der Waals surface area contributed by atoms with Gasteiger partial charge in [0.2, 0.25) is 6.29 Å². The number of hydrogen-bond donors (Lipinski definition) is 0. The van der Waals surface area contributed by atoms with Crippen molar-refractivity contribution in [1.29, 1.82) is 0 Å². The first kappa shape index (κ1) is 27.8. The molecule has 4 rings (SSSR count). The van der Waals surface area contributed by atoms with Gasteiger partial charge in [-0.2, -0.15) is 0 Å². The van der Waals surface area contributed by atoms with Gasteiger partial charge in [0.05, 0.1) is 33.0 Å². The number of hydrogen-bond acceptors (Lipinski definition) is 7. The molecule has 0 radical (unpaired) electrons. The van der Waals surface area contributed by atoms with Crippen LogP contribution < -0.4 is 0 Å². The summed E-state index contributed by atoms with van der Waals surface area (Å²) in [7, 11) is 0. The minimum atomic E-state index is -1.43. The van der Waals surface area contributed by atoms with Gasteiger partial charge in [0.15, 0.2) is 6.10 Å². The average Bonchev–Trinajstić information content (AvgIpc) is 2.95. The molecule has 9 heteroatoms. The molecule has 1 fully saturated rings. The Bertz CT molecular complexity index is 1090. The molecular formula is C29H32FNO7. The van der Waals surface area contributed by atoms with Crippen molar-refractivity contribution in [1.82, 2.24) is 0 Å². The van der Waals surface area contributed by atoms with Crippen LogP contribution in [0.25, 0.3) is 0 Å². The van der Waals surface area contributed by atoms with Crippen molar-refractivity contribution >= 4 is 0 Å². The quantitative estimate of drug-likeness (QED) is 0.222. The van der Waals surface area contributed by atoms with E-state index in [-0.39, 0.29) is 26.4 Å². The Hall–Kier alpha value is -3.21. The van der Waals surface area contributed by atoms with E-state index in [9.17, 15) is 14.5 Å². The van der Waals surface area contributed by atoms with E-state index in [0.29, 0.717) is 6.61 Å². The van der Waals surface area contributed by atoms with E-state index in [4.69, 9.17) is 23.7 Å². The number of nitrogens with zero attached hydrogens (tertiary/aromatic N) is 1. The molecule has 0 aromatic heterocycles. The highest BCUT2D eigenvalue weighted by molar-refractivity contribution is 5.15. The molecule has 5 atom stereocenters. The van der Waals surface area contributed by atoms with Gasteiger partial charge in [-0.25, -0.2) is 4.39 Å². The smallest absolute Gasteiger partial charge is 0.291 e. The summed E-state index contributed by atoms with van der Waals surface area (Å²) in [6.45, 7) is -0.448. The minimum absolute atomic E-state index is 0.0689. The third kappa shape index (κ3) is 7.89. The minimum Gasteiger partial charge on any atom is -0.374 e. The molecule has 0 saturated carbocycles. The SMILES string of the molecule is O=[N+]([O-])[C@H]1C(OCCF)O[C@H](COCc2ccccc2)[C@H](OCc2ccccc2)[C@@H]1OCc1ccccc1. The maximum absolute atomic E-state index is 13.0. The molecule has 0 bridgehead atoms. The summed E-state index contributed by atoms with van der Waals surface area (Å²) in [5.74, 6) is 0. The van der Waals surface area contributed by atoms with Crippen LogP contribution in [0.1, 0.15) is 16.7 Å². The fourth-order valence-corrected chi connectivity index (χ4v) is 4.34. The first-order valence-corrected chi connectivity index (χ1v) is 12.5. The molecule has 8 nitrogen and oxygen atoms in total. The first-order chi connectivity index (χ1) is 18.7. The van der Waals surface area contributed by atoms with Crippen LogP contribution in [0.15, 0.2) is 91.0 Å². The van der Waals surface area contributed by atoms with Gasteiger partial charge in [-0.15, -0.1) is 0 Å². The predicted molar refractivity (Wildman–Crippen MR) is 138 cm³/mol. The van der Waals surface area contributed by atoms with Crippen LogP contribution in [0.5, 0.6) is 0 Å². The van der Waals surface area contributed by atoms with E-state index in [0.717, 1.165) is 16.7 Å². The molecule has 0 amide bonds. The Balaban J connectivity index is 1.58. The predicted octanol–water partition coefficient (Wildman–Crippen LogP) is 4.73. The van der Waals surface area contributed by atoms with E-state index in [1.54, 1.807) is 0 Å². The second-order valence-electron chi connectivity index (χ2n) is 8.90. The number of nitro groups is 1. The highest BCUT2D eigenvalue weighted by Gasteiger charge is 2.54. The third-order valence-corrected chi connectivity index (χ3v) is 6.18. The summed E-state index contributed by atoms with van der Waals surface area (Å²) >= 11 is 0. The molecule has 0 N–H and O–H groups in total. The molecule has 0 spiro atoms. The highest BCUT2D eigenvalue weighted by Crippen LogP contribution is 2.30. The van der Waals surface area contributed by atoms with Crippen molar-refractivity contribution in [2.75, 3.05) is 19.9 Å². The fraction of sp³-hybridized carbons (Fsp3) is 0.379. The van der Waals surface area contributed by atoms with E-state index in [1.165, 1.54) is 0 Å². The van der Waals surface area contributed by atoms with Gasteiger partial charge < -0.3 is 23.7 Å². The van der Waals surface area contributed by atoms with E-state index < -0.39 is 42.2 Å². The monoisotopic (exact) mass is 525 g/mol. The van der Waals surface area contributed by atoms with Crippen LogP contribution in [0, 0.1) is 10.1 Å². The third-order valence-electron chi connectivity index (χ3n) is 6.18. The van der Waals surface area contributed by atoms with E-state index in [2.05, 4.69) is 0 Å². The first-order valence-electron chi connectivity index (χ1n) is 12.5. The molecule has 38 heavy (non-hydrogen) atoms. The lowest BCUT2D eigenvalue weighted by Crippen LogP contribution is -2.63. The van der Waals surface area contributed by atoms with Crippen molar-refractivity contribution in [2.24, 2.45) is 0 Å². The van der Waals surface area contributed by atoms with Crippen LogP contribution >= 0.6 is 0 Å². The van der Waals surface area contributed by atoms with Crippen LogP contribution in [0.3, 0.4) is 0 Å². The Morgan fingerprint density at radius 3 is 1.74 bits per heavy atom. The van der Waals surface area contributed by atoms with E-state index >= 15 is 0 Å². The lowest BCUT2D eigenvalue weighted by atomic mass is 9.96. The largest absolute Gasteiger partial charge is 0.374 e. The van der Waals surface area contributed by atoms with Crippen LogP contribution in [-0.2, 0) is 43.5 Å². The molecule has 1 aliphatic rings. The lowest BCUT2D eigenvalue weighted by molar-refractivity contribution is -0.577. The number of alkyl halides is 1. The molecular weight excluding hydrogens is 493 g/mol. The Kier molecular flexibility index (Phi) is 10.7. The molecule has 0 aliphatic carbocycles. The number of rotatable bonds is 14. The summed E-state index contributed by atoms with van der Waals surface area (Å²) in [5, 5.41) is 12.3. The summed E-state index contributed by atoms with van der Waals surface area (Å²) in [5.41, 5.74) is 2.71. The van der Waals surface area contributed by atoms with Crippen LogP contribution in [0.2, 0.25) is 0 Å². The Labute approximate surface area is 221 Å². The summed E-state index contributed by atoms with van der Waals surface area (Å²) in [6, 6.07) is 27.0. The lowest BCUT2D eigenvalue weighted by Gasteiger charge is -2.42. The van der Waals surface area contributed by atoms with Crippen molar-refractivity contribution < 1.29 is 33.0 Å². The fourth-order valence-electron chi connectivity index (χ4n) is 4.34. The van der Waals surface area contributed by atoms with Gasteiger partial charge in [-0.3, -0.25) is 10.1 Å². The summed E-state index contributed by atoms with van der Waals surface area (Å²) < 4.78 is 42.8. The van der Waals surface area contributed by atoms with Crippen LogP contribution in [-0.4, -0.2) is 55.5 Å². The highest BCUT2D eigenvalue weighted by atomic mass is 19.1. The maximum atomic E-state index is 13.0. The summed E-state index contributed by atoms with van der Waals surface area (Å²) in [4.78, 5) is 11.8. The molecule has 3 aromatic rings. The molecule has 1 unspecified atom stereocenters. The second-order valence-corrected chi connectivity index (χ2v) is 8.90. The number of benzene rings is 3. The van der Waals surface area contributed by atoms with Gasteiger partial charge in [0.1, 0.15) is 18.9 Å². The van der Waals surface area contributed by atoms with Gasteiger partial charge in [0.25, 0.3) is 6.04 Å². The van der Waals surface area contributed by atoms with Crippen molar-refractivity contribution in [3.05, 3.63) is 118 Å². The van der Waals surface area contributed by atoms with Crippen molar-refractivity contribution in [3.8, 4) is 0 Å².